The number of hydrogen-bond donors (Lipinski definition) is 3. The molecule has 0 bridgehead atoms. The van der Waals surface area contributed by atoms with Crippen LogP contribution >= 0.6 is 0 Å². The number of halogens is 3. The monoisotopic (exact) mass is 584 g/mol. The third-order valence-electron chi connectivity index (χ3n) is 5.59. The van der Waals surface area contributed by atoms with E-state index in [1.807, 2.05) is 87.6 Å². The number of fused-ring (bicyclic) bond motifs is 1. The minimum Gasteiger partial charge on any atom is -0.490 e. The number of hydrogen-bond acceptors (Lipinski definition) is 7. The standard InChI is InChI=1S/C28H30N4O3.C2HF3O2/c1-4-34-26-16-21(9-11-25(26)35-19(2)3)27(28(33)31-18-24-7-5-6-13-30-24)32-23-10-8-22-17-29-14-12-20(22)15-23;3-2(4,5)1(6)7/h5-17,19,27,32H,4,18H2,1-3H3,(H,31,33);(H,6,7). The van der Waals surface area contributed by atoms with Gasteiger partial charge in [0.15, 0.2) is 11.5 Å². The highest BCUT2D eigenvalue weighted by Crippen LogP contribution is 2.33. The van der Waals surface area contributed by atoms with E-state index in [9.17, 15) is 18.0 Å². The molecule has 0 aliphatic heterocycles. The predicted octanol–water partition coefficient (Wildman–Crippen LogP) is 5.92. The number of carboxylic acids is 1. The van der Waals surface area contributed by atoms with Crippen LogP contribution in [0.3, 0.4) is 0 Å². The Hall–Kier alpha value is -4.87. The first-order valence-corrected chi connectivity index (χ1v) is 13.0. The second kappa shape index (κ2) is 14.7. The van der Waals surface area contributed by atoms with Gasteiger partial charge in [-0.2, -0.15) is 13.2 Å². The van der Waals surface area contributed by atoms with Gasteiger partial charge in [0.2, 0.25) is 5.91 Å². The summed E-state index contributed by atoms with van der Waals surface area (Å²) >= 11 is 0. The molecule has 0 aliphatic carbocycles. The van der Waals surface area contributed by atoms with Crippen molar-refractivity contribution >= 4 is 28.3 Å². The molecule has 9 nitrogen and oxygen atoms in total. The van der Waals surface area contributed by atoms with Gasteiger partial charge in [0, 0.05) is 29.7 Å². The van der Waals surface area contributed by atoms with E-state index in [-0.39, 0.29) is 12.0 Å². The van der Waals surface area contributed by atoms with E-state index in [4.69, 9.17) is 19.4 Å². The molecule has 12 heteroatoms. The molecule has 222 valence electrons. The molecule has 4 rings (SSSR count). The van der Waals surface area contributed by atoms with Crippen LogP contribution in [0.5, 0.6) is 11.5 Å². The van der Waals surface area contributed by atoms with Crippen LogP contribution in [0.1, 0.15) is 38.1 Å². The molecule has 0 saturated heterocycles. The zero-order chi connectivity index (χ0) is 30.7. The molecular formula is C30H31F3N4O5. The van der Waals surface area contributed by atoms with Crippen LogP contribution in [0, 0.1) is 0 Å². The Morgan fingerprint density at radius 1 is 0.976 bits per heavy atom. The molecular weight excluding hydrogens is 553 g/mol. The number of aliphatic carboxylic acids is 1. The van der Waals surface area contributed by atoms with Gasteiger partial charge in [0.05, 0.1) is 24.9 Å². The summed E-state index contributed by atoms with van der Waals surface area (Å²) in [4.78, 5) is 30.8. The number of ether oxygens (including phenoxy) is 2. The van der Waals surface area contributed by atoms with Crippen molar-refractivity contribution in [2.24, 2.45) is 0 Å². The largest absolute Gasteiger partial charge is 0.490 e. The van der Waals surface area contributed by atoms with Crippen LogP contribution in [0.2, 0.25) is 0 Å². The zero-order valence-corrected chi connectivity index (χ0v) is 23.2. The number of alkyl halides is 3. The molecule has 42 heavy (non-hydrogen) atoms. The molecule has 1 unspecified atom stereocenters. The number of aromatic nitrogens is 2. The average molecular weight is 585 g/mol. The number of nitrogens with one attached hydrogen (secondary N) is 2. The molecule has 4 aromatic rings. The number of rotatable bonds is 10. The van der Waals surface area contributed by atoms with Gasteiger partial charge in [-0.1, -0.05) is 18.2 Å². The quantitative estimate of drug-likeness (QED) is 0.210. The summed E-state index contributed by atoms with van der Waals surface area (Å²) in [6, 6.07) is 18.5. The van der Waals surface area contributed by atoms with Crippen molar-refractivity contribution in [3.63, 3.8) is 0 Å². The van der Waals surface area contributed by atoms with Crippen molar-refractivity contribution < 1.29 is 37.3 Å². The molecule has 2 aromatic carbocycles. The summed E-state index contributed by atoms with van der Waals surface area (Å²) in [6.45, 7) is 6.67. The number of carbonyl (C=O) groups excluding carboxylic acids is 1. The minimum absolute atomic E-state index is 0.00254. The molecule has 0 fully saturated rings. The van der Waals surface area contributed by atoms with E-state index in [1.165, 1.54) is 0 Å². The highest BCUT2D eigenvalue weighted by Gasteiger charge is 2.38. The topological polar surface area (TPSA) is 123 Å². The Morgan fingerprint density at radius 3 is 2.38 bits per heavy atom. The maximum absolute atomic E-state index is 13.4. The molecule has 0 aliphatic rings. The van der Waals surface area contributed by atoms with Crippen molar-refractivity contribution in [2.45, 2.75) is 45.6 Å². The van der Waals surface area contributed by atoms with Crippen molar-refractivity contribution in [1.29, 1.82) is 0 Å². The van der Waals surface area contributed by atoms with Gasteiger partial charge in [-0.05, 0) is 74.2 Å². The van der Waals surface area contributed by atoms with Gasteiger partial charge in [0.1, 0.15) is 6.04 Å². The van der Waals surface area contributed by atoms with Crippen LogP contribution in [-0.4, -0.2) is 45.8 Å². The SMILES string of the molecule is CCOc1cc(C(Nc2ccc3cnccc3c2)C(=O)NCc2ccccn2)ccc1OC(C)C.O=C(O)C(F)(F)F. The zero-order valence-electron chi connectivity index (χ0n) is 23.2. The Kier molecular flexibility index (Phi) is 11.1. The molecule has 2 heterocycles. The van der Waals surface area contributed by atoms with E-state index in [0.29, 0.717) is 24.7 Å². The van der Waals surface area contributed by atoms with Crippen molar-refractivity contribution in [1.82, 2.24) is 15.3 Å². The number of amides is 1. The molecule has 0 radical (unpaired) electrons. The lowest BCUT2D eigenvalue weighted by molar-refractivity contribution is -0.192. The highest BCUT2D eigenvalue weighted by atomic mass is 19.4. The van der Waals surface area contributed by atoms with Crippen LogP contribution in [-0.2, 0) is 16.1 Å². The summed E-state index contributed by atoms with van der Waals surface area (Å²) < 4.78 is 43.5. The Balaban J connectivity index is 0.000000616. The number of nitrogens with zero attached hydrogens (tertiary/aromatic N) is 2. The van der Waals surface area contributed by atoms with E-state index in [1.54, 1.807) is 12.4 Å². The average Bonchev–Trinajstić information content (AvgIpc) is 2.96. The van der Waals surface area contributed by atoms with Gasteiger partial charge in [-0.3, -0.25) is 14.8 Å². The van der Waals surface area contributed by atoms with Crippen LogP contribution in [0.4, 0.5) is 18.9 Å². The van der Waals surface area contributed by atoms with Crippen LogP contribution < -0.4 is 20.1 Å². The maximum Gasteiger partial charge on any atom is 0.490 e. The Bertz CT molecular complexity index is 1480. The lowest BCUT2D eigenvalue weighted by Gasteiger charge is -2.22. The summed E-state index contributed by atoms with van der Waals surface area (Å²) in [7, 11) is 0. The first-order chi connectivity index (χ1) is 20.0. The molecule has 1 amide bonds. The number of anilines is 1. The number of carbonyl (C=O) groups is 2. The second-order valence-electron chi connectivity index (χ2n) is 9.16. The van der Waals surface area contributed by atoms with Crippen LogP contribution in [0.15, 0.2) is 79.3 Å². The van der Waals surface area contributed by atoms with Gasteiger partial charge >= 0.3 is 12.1 Å². The first kappa shape index (κ1) is 31.7. The molecule has 3 N–H and O–H groups in total. The fourth-order valence-corrected chi connectivity index (χ4v) is 3.75. The lowest BCUT2D eigenvalue weighted by atomic mass is 10.0. The summed E-state index contributed by atoms with van der Waals surface area (Å²) in [5.41, 5.74) is 2.37. The first-order valence-electron chi connectivity index (χ1n) is 13.0. The molecule has 1 atom stereocenters. The summed E-state index contributed by atoms with van der Waals surface area (Å²) in [5, 5.41) is 15.6. The highest BCUT2D eigenvalue weighted by molar-refractivity contribution is 5.89. The third kappa shape index (κ3) is 9.36. The van der Waals surface area contributed by atoms with E-state index >= 15 is 0 Å². The molecule has 0 saturated carbocycles. The minimum atomic E-state index is -5.08. The molecule has 0 spiro atoms. The maximum atomic E-state index is 13.4. The van der Waals surface area contributed by atoms with Gasteiger partial charge in [0.25, 0.3) is 0 Å². The number of carboxylic acid groups (broad SMARTS) is 1. The van der Waals surface area contributed by atoms with E-state index in [2.05, 4.69) is 20.6 Å². The van der Waals surface area contributed by atoms with Gasteiger partial charge in [-0.25, -0.2) is 4.79 Å². The summed E-state index contributed by atoms with van der Waals surface area (Å²) in [5.74, 6) is -1.68. The van der Waals surface area contributed by atoms with Crippen molar-refractivity contribution in [3.8, 4) is 11.5 Å². The fourth-order valence-electron chi connectivity index (χ4n) is 3.75. The van der Waals surface area contributed by atoms with Gasteiger partial charge < -0.3 is 25.2 Å². The van der Waals surface area contributed by atoms with E-state index in [0.717, 1.165) is 27.7 Å². The van der Waals surface area contributed by atoms with Crippen molar-refractivity contribution in [3.05, 3.63) is 90.5 Å². The third-order valence-corrected chi connectivity index (χ3v) is 5.59. The van der Waals surface area contributed by atoms with E-state index < -0.39 is 18.2 Å². The van der Waals surface area contributed by atoms with Crippen molar-refractivity contribution in [2.75, 3.05) is 11.9 Å². The summed E-state index contributed by atoms with van der Waals surface area (Å²) in [6.07, 6.45) is 0.203. The van der Waals surface area contributed by atoms with Crippen LogP contribution in [0.25, 0.3) is 10.8 Å². The number of pyridine rings is 2. The van der Waals surface area contributed by atoms with Gasteiger partial charge in [-0.15, -0.1) is 0 Å². The molecule has 2 aromatic heterocycles. The second-order valence-corrected chi connectivity index (χ2v) is 9.16. The Labute approximate surface area is 240 Å². The Morgan fingerprint density at radius 2 is 1.74 bits per heavy atom. The normalized spacial score (nSPS) is 11.7. The smallest absolute Gasteiger partial charge is 0.490 e. The lowest BCUT2D eigenvalue weighted by Crippen LogP contribution is -2.33. The predicted molar refractivity (Wildman–Crippen MR) is 151 cm³/mol. The fraction of sp³-hybridized carbons (Fsp3) is 0.267. The number of benzene rings is 2.